The molecule has 0 unspecified atom stereocenters. The first-order chi connectivity index (χ1) is 12.6. The molecule has 2 aromatic rings. The number of halogens is 7. The molecule has 157 valence electrons. The molecule has 2 rings (SSSR count). The Bertz CT molecular complexity index is 859. The first-order valence-electron chi connectivity index (χ1n) is 8.09. The average molecular weight is 489 g/mol. The van der Waals surface area contributed by atoms with Gasteiger partial charge in [-0.1, -0.05) is 0 Å². The van der Waals surface area contributed by atoms with Crippen LogP contribution in [0.4, 0.5) is 27.6 Å². The minimum atomic E-state index is -2.20. The van der Waals surface area contributed by atoms with Crippen molar-refractivity contribution in [1.82, 2.24) is 0 Å². The van der Waals surface area contributed by atoms with Gasteiger partial charge < -0.3 is 24.8 Å². The molecule has 0 saturated carbocycles. The first kappa shape index (κ1) is 27.9. The van der Waals surface area contributed by atoms with Crippen LogP contribution in [-0.2, 0) is 32.7 Å². The van der Waals surface area contributed by atoms with E-state index in [9.17, 15) is 22.0 Å². The molecule has 29 heavy (non-hydrogen) atoms. The molecule has 2 nitrogen and oxygen atoms in total. The number of aliphatic imine (C=N–C) groups is 1. The Morgan fingerprint density at radius 3 is 1.93 bits per heavy atom. The standard InChI is InChI=1S/C19H18F5NO.2ClH.Ti/c1-19(2,3)11-8-4-6-10(18(11)26)7-5-9-25-17-15(23)13(21)12(20)14(22)16(17)24;;;/h4,6,8-9,26H,5,7H2,1-3H3;2*1H;/q;;;+3/p-3. The van der Waals surface area contributed by atoms with Crippen LogP contribution < -0.4 is 28.1 Å². The largest absolute Gasteiger partial charge is 1.00 e. The summed E-state index contributed by atoms with van der Waals surface area (Å²) in [4.78, 5) is 3.45. The monoisotopic (exact) mass is 488 g/mol. The molecule has 0 aliphatic carbocycles. The Labute approximate surface area is 190 Å². The molecule has 0 aliphatic rings. The third-order valence-electron chi connectivity index (χ3n) is 3.96. The molecular formula is C19H17Cl2F5NOTi. The van der Waals surface area contributed by atoms with Gasteiger partial charge in [-0.05, 0) is 0 Å². The molecule has 0 radical (unpaired) electrons. The van der Waals surface area contributed by atoms with Gasteiger partial charge in [-0.2, -0.15) is 0 Å². The van der Waals surface area contributed by atoms with Gasteiger partial charge in [0, 0.05) is 0 Å². The van der Waals surface area contributed by atoms with Crippen molar-refractivity contribution in [3.05, 3.63) is 58.4 Å². The van der Waals surface area contributed by atoms with Crippen molar-refractivity contribution >= 4 is 11.9 Å². The summed E-state index contributed by atoms with van der Waals surface area (Å²) in [5, 5.41) is 0. The molecule has 0 atom stereocenters. The SMILES string of the molecule is CC(C)(C)c1cccc(CCC=Nc2c(F)c(F)c(F)c(F)c2F)c1[O][Ti+2].[Cl-].[Cl-]. The van der Waals surface area contributed by atoms with E-state index in [-0.39, 0.29) is 36.6 Å². The van der Waals surface area contributed by atoms with Crippen LogP contribution in [0.25, 0.3) is 0 Å². The summed E-state index contributed by atoms with van der Waals surface area (Å²) in [5.74, 6) is -9.42. The molecule has 10 heteroatoms. The summed E-state index contributed by atoms with van der Waals surface area (Å²) in [7, 11) is 0. The van der Waals surface area contributed by atoms with E-state index in [4.69, 9.17) is 3.32 Å². The Kier molecular flexibility index (Phi) is 10.9. The van der Waals surface area contributed by atoms with Crippen molar-refractivity contribution in [2.45, 2.75) is 39.0 Å². The number of rotatable bonds is 5. The number of benzene rings is 2. The Balaban J connectivity index is 0.00000392. The quantitative estimate of drug-likeness (QED) is 0.189. The van der Waals surface area contributed by atoms with Gasteiger partial charge in [-0.15, -0.1) is 0 Å². The van der Waals surface area contributed by atoms with Gasteiger partial charge in [0.15, 0.2) is 0 Å². The van der Waals surface area contributed by atoms with Crippen molar-refractivity contribution in [3.63, 3.8) is 0 Å². The summed E-state index contributed by atoms with van der Waals surface area (Å²) in [6.07, 6.45) is 1.77. The predicted octanol–water partition coefficient (Wildman–Crippen LogP) is -0.137. The van der Waals surface area contributed by atoms with E-state index in [1.807, 2.05) is 39.0 Å². The second-order valence-corrected chi connectivity index (χ2v) is 7.23. The zero-order chi connectivity index (χ0) is 20.4. The molecule has 0 N–H and O–H groups in total. The molecular weight excluding hydrogens is 472 g/mol. The van der Waals surface area contributed by atoms with Crippen LogP contribution in [0.3, 0.4) is 0 Å². The van der Waals surface area contributed by atoms with E-state index in [1.54, 1.807) is 20.8 Å². The van der Waals surface area contributed by atoms with Crippen LogP contribution in [0.2, 0.25) is 0 Å². The van der Waals surface area contributed by atoms with E-state index < -0.39 is 34.8 Å². The molecule has 0 bridgehead atoms. The molecule has 0 saturated heterocycles. The fourth-order valence-electron chi connectivity index (χ4n) is 2.58. The molecule has 0 aromatic heterocycles. The van der Waals surface area contributed by atoms with Crippen LogP contribution in [0.5, 0.6) is 5.75 Å². The predicted molar refractivity (Wildman–Crippen MR) is 88.5 cm³/mol. The average Bonchev–Trinajstić information content (AvgIpc) is 2.63. The minimum absolute atomic E-state index is 0. The smallest absolute Gasteiger partial charge is 1.00 e. The van der Waals surface area contributed by atoms with Gasteiger partial charge in [-0.3, -0.25) is 0 Å². The summed E-state index contributed by atoms with van der Waals surface area (Å²) in [6, 6.07) is 5.67. The second kappa shape index (κ2) is 11.3. The third kappa shape index (κ3) is 6.17. The van der Waals surface area contributed by atoms with Crippen molar-refractivity contribution in [3.8, 4) is 5.75 Å². The van der Waals surface area contributed by atoms with Crippen LogP contribution in [0.15, 0.2) is 23.2 Å². The Morgan fingerprint density at radius 2 is 1.45 bits per heavy atom. The van der Waals surface area contributed by atoms with E-state index in [0.717, 1.165) is 17.3 Å². The number of hydrogen-bond acceptors (Lipinski definition) is 2. The topological polar surface area (TPSA) is 21.6 Å². The molecule has 0 aliphatic heterocycles. The fourth-order valence-corrected chi connectivity index (χ4v) is 2.95. The second-order valence-electron chi connectivity index (χ2n) is 6.91. The summed E-state index contributed by atoms with van der Waals surface area (Å²) in [6.45, 7) is 6.12. The van der Waals surface area contributed by atoms with E-state index in [0.29, 0.717) is 12.2 Å². The van der Waals surface area contributed by atoms with Crippen molar-refractivity contribution < 1.29 is 70.9 Å². The minimum Gasteiger partial charge on any atom is -1.00 e. The van der Waals surface area contributed by atoms with Gasteiger partial charge in [-0.25, -0.2) is 0 Å². The molecule has 0 heterocycles. The number of hydrogen-bond donors (Lipinski definition) is 0. The zero-order valence-electron chi connectivity index (χ0n) is 15.7. The normalized spacial score (nSPS) is 11.2. The van der Waals surface area contributed by atoms with Crippen molar-refractivity contribution in [2.24, 2.45) is 4.99 Å². The number of aryl methyl sites for hydroxylation is 1. The first-order valence-corrected chi connectivity index (χ1v) is 8.73. The van der Waals surface area contributed by atoms with Gasteiger partial charge >= 0.3 is 166 Å². The third-order valence-corrected chi connectivity index (χ3v) is 4.28. The van der Waals surface area contributed by atoms with Crippen LogP contribution >= 0.6 is 0 Å². The maximum absolute atomic E-state index is 13.6. The van der Waals surface area contributed by atoms with E-state index in [2.05, 4.69) is 4.99 Å². The van der Waals surface area contributed by atoms with Gasteiger partial charge in [0.05, 0.1) is 0 Å². The Morgan fingerprint density at radius 1 is 0.931 bits per heavy atom. The summed E-state index contributed by atoms with van der Waals surface area (Å²) < 4.78 is 72.1. The molecule has 0 fully saturated rings. The number of para-hydroxylation sites is 1. The number of nitrogens with zero attached hydrogens (tertiary/aromatic N) is 1. The maximum Gasteiger partial charge on any atom is -1.00 e. The molecule has 0 spiro atoms. The van der Waals surface area contributed by atoms with Crippen molar-refractivity contribution in [2.75, 3.05) is 0 Å². The molecule has 0 amide bonds. The summed E-state index contributed by atoms with van der Waals surface area (Å²) >= 11 is 1.55. The van der Waals surface area contributed by atoms with Crippen molar-refractivity contribution in [1.29, 1.82) is 0 Å². The van der Waals surface area contributed by atoms with E-state index >= 15 is 0 Å². The zero-order valence-corrected chi connectivity index (χ0v) is 18.8. The van der Waals surface area contributed by atoms with Gasteiger partial charge in [0.1, 0.15) is 0 Å². The maximum atomic E-state index is 13.6. The van der Waals surface area contributed by atoms with Crippen LogP contribution in [0.1, 0.15) is 38.3 Å². The van der Waals surface area contributed by atoms with Crippen LogP contribution in [0, 0.1) is 29.1 Å². The van der Waals surface area contributed by atoms with E-state index in [1.165, 1.54) is 0 Å². The van der Waals surface area contributed by atoms with Gasteiger partial charge in [0.25, 0.3) is 0 Å². The Hall–Kier alpha value is -1.15. The van der Waals surface area contributed by atoms with Crippen LogP contribution in [-0.4, -0.2) is 6.21 Å². The van der Waals surface area contributed by atoms with Gasteiger partial charge in [0.2, 0.25) is 0 Å². The summed E-state index contributed by atoms with van der Waals surface area (Å²) in [5.41, 5.74) is 0.514. The fraction of sp³-hybridized carbons (Fsp3) is 0.316. The molecule has 2 aromatic carbocycles.